The Balaban J connectivity index is 3.48. The van der Waals surface area contributed by atoms with Crippen LogP contribution in [0.1, 0.15) is 23.7 Å². The lowest BCUT2D eigenvalue weighted by Gasteiger charge is -2.16. The minimum Gasteiger partial charge on any atom is -0.500 e. The number of esters is 3. The Morgan fingerprint density at radius 2 is 1.30 bits per heavy atom. The van der Waals surface area contributed by atoms with Gasteiger partial charge in [-0.05, 0) is 18.6 Å². The first-order chi connectivity index (χ1) is 14.4. The summed E-state index contributed by atoms with van der Waals surface area (Å²) in [5.41, 5.74) is -0.178. The SMILES string of the molecule is CCCOC(=O)c1c(OC(=COC)C(=O)OC)cccc1OC(=COC)C(=O)OC. The van der Waals surface area contributed by atoms with E-state index in [0.717, 1.165) is 26.7 Å². The van der Waals surface area contributed by atoms with E-state index in [1.807, 2.05) is 6.92 Å². The minimum atomic E-state index is -0.842. The fourth-order valence-electron chi connectivity index (χ4n) is 2.03. The lowest BCUT2D eigenvalue weighted by atomic mass is 10.1. The fraction of sp³-hybridized carbons (Fsp3) is 0.350. The number of carbonyl (C=O) groups is 3. The molecule has 0 aliphatic carbocycles. The van der Waals surface area contributed by atoms with Crippen LogP contribution in [-0.4, -0.2) is 53.0 Å². The van der Waals surface area contributed by atoms with Gasteiger partial charge in [0.1, 0.15) is 29.6 Å². The number of hydrogen-bond donors (Lipinski definition) is 0. The van der Waals surface area contributed by atoms with Crippen LogP contribution in [0.4, 0.5) is 0 Å². The van der Waals surface area contributed by atoms with Gasteiger partial charge < -0.3 is 33.2 Å². The number of benzene rings is 1. The predicted octanol–water partition coefficient (Wildman–Crippen LogP) is 2.33. The van der Waals surface area contributed by atoms with Crippen LogP contribution in [0.15, 0.2) is 42.2 Å². The molecule has 0 bridgehead atoms. The summed E-state index contributed by atoms with van der Waals surface area (Å²) in [6, 6.07) is 4.28. The largest absolute Gasteiger partial charge is 0.500 e. The third-order valence-electron chi connectivity index (χ3n) is 3.29. The highest BCUT2D eigenvalue weighted by molar-refractivity contribution is 5.97. The Hall–Kier alpha value is -3.69. The molecule has 0 amide bonds. The number of ether oxygens (including phenoxy) is 7. The Bertz CT molecular complexity index is 756. The molecule has 164 valence electrons. The summed E-state index contributed by atoms with van der Waals surface area (Å²) in [6.45, 7) is 1.95. The second kappa shape index (κ2) is 12.7. The molecule has 0 unspecified atom stereocenters. The van der Waals surface area contributed by atoms with Gasteiger partial charge in [0, 0.05) is 0 Å². The zero-order valence-electron chi connectivity index (χ0n) is 17.4. The van der Waals surface area contributed by atoms with Crippen molar-refractivity contribution in [3.63, 3.8) is 0 Å². The van der Waals surface area contributed by atoms with Gasteiger partial charge in [0.25, 0.3) is 0 Å². The van der Waals surface area contributed by atoms with Gasteiger partial charge >= 0.3 is 17.9 Å². The van der Waals surface area contributed by atoms with Gasteiger partial charge in [-0.3, -0.25) is 0 Å². The summed E-state index contributed by atoms with van der Waals surface area (Å²) in [5, 5.41) is 0. The van der Waals surface area contributed by atoms with E-state index in [-0.39, 0.29) is 35.2 Å². The van der Waals surface area contributed by atoms with Crippen molar-refractivity contribution in [1.29, 1.82) is 0 Å². The zero-order valence-corrected chi connectivity index (χ0v) is 17.4. The summed E-state index contributed by atoms with van der Waals surface area (Å²) in [5.74, 6) is -3.33. The fourth-order valence-corrected chi connectivity index (χ4v) is 2.03. The van der Waals surface area contributed by atoms with E-state index < -0.39 is 17.9 Å². The maximum Gasteiger partial charge on any atom is 0.377 e. The van der Waals surface area contributed by atoms with Crippen molar-refractivity contribution in [3.8, 4) is 11.5 Å². The molecule has 1 aromatic carbocycles. The Labute approximate surface area is 173 Å². The molecule has 1 aromatic rings. The van der Waals surface area contributed by atoms with Gasteiger partial charge in [-0.25, -0.2) is 14.4 Å². The quantitative estimate of drug-likeness (QED) is 0.227. The molecule has 30 heavy (non-hydrogen) atoms. The van der Waals surface area contributed by atoms with E-state index in [1.165, 1.54) is 32.4 Å². The van der Waals surface area contributed by atoms with E-state index in [1.54, 1.807) is 0 Å². The van der Waals surface area contributed by atoms with E-state index in [4.69, 9.17) is 23.7 Å². The summed E-state index contributed by atoms with van der Waals surface area (Å²) in [6.07, 6.45) is 2.58. The molecule has 0 spiro atoms. The highest BCUT2D eigenvalue weighted by atomic mass is 16.6. The lowest BCUT2D eigenvalue weighted by Crippen LogP contribution is -2.17. The van der Waals surface area contributed by atoms with Crippen LogP contribution >= 0.6 is 0 Å². The molecular weight excluding hydrogens is 400 g/mol. The van der Waals surface area contributed by atoms with Crippen molar-refractivity contribution in [2.24, 2.45) is 0 Å². The first-order valence-electron chi connectivity index (χ1n) is 8.71. The summed E-state index contributed by atoms with van der Waals surface area (Å²) in [7, 11) is 4.92. The van der Waals surface area contributed by atoms with Crippen LogP contribution in [0.2, 0.25) is 0 Å². The van der Waals surface area contributed by atoms with Crippen molar-refractivity contribution in [1.82, 2.24) is 0 Å². The molecule has 0 aliphatic rings. The molecule has 10 heteroatoms. The maximum atomic E-state index is 12.7. The van der Waals surface area contributed by atoms with Crippen LogP contribution in [-0.2, 0) is 33.3 Å². The third-order valence-corrected chi connectivity index (χ3v) is 3.29. The average Bonchev–Trinajstić information content (AvgIpc) is 2.75. The molecule has 0 fully saturated rings. The van der Waals surface area contributed by atoms with E-state index in [2.05, 4.69) is 9.47 Å². The number of methoxy groups -OCH3 is 4. The number of carbonyl (C=O) groups excluding carboxylic acids is 3. The smallest absolute Gasteiger partial charge is 0.377 e. The second-order valence-corrected chi connectivity index (χ2v) is 5.39. The zero-order chi connectivity index (χ0) is 22.5. The van der Waals surface area contributed by atoms with Crippen molar-refractivity contribution in [3.05, 3.63) is 47.8 Å². The molecule has 0 aromatic heterocycles. The monoisotopic (exact) mass is 424 g/mol. The second-order valence-electron chi connectivity index (χ2n) is 5.39. The van der Waals surface area contributed by atoms with Gasteiger partial charge in [-0.2, -0.15) is 0 Å². The van der Waals surface area contributed by atoms with Crippen LogP contribution < -0.4 is 9.47 Å². The van der Waals surface area contributed by atoms with Crippen LogP contribution in [0.3, 0.4) is 0 Å². The highest BCUT2D eigenvalue weighted by Gasteiger charge is 2.26. The topological polar surface area (TPSA) is 116 Å². The molecule has 0 aliphatic heterocycles. The maximum absolute atomic E-state index is 12.7. The number of hydrogen-bond acceptors (Lipinski definition) is 10. The van der Waals surface area contributed by atoms with Gasteiger partial charge in [-0.15, -0.1) is 0 Å². The predicted molar refractivity (Wildman–Crippen MR) is 102 cm³/mol. The minimum absolute atomic E-state index is 0.0936. The molecule has 0 saturated carbocycles. The van der Waals surface area contributed by atoms with E-state index in [0.29, 0.717) is 6.42 Å². The van der Waals surface area contributed by atoms with Crippen LogP contribution in [0.5, 0.6) is 11.5 Å². The average molecular weight is 424 g/mol. The Morgan fingerprint density at radius 1 is 0.833 bits per heavy atom. The van der Waals surface area contributed by atoms with Gasteiger partial charge in [0.15, 0.2) is 0 Å². The van der Waals surface area contributed by atoms with Crippen molar-refractivity contribution in [2.45, 2.75) is 13.3 Å². The first kappa shape index (κ1) is 24.3. The molecular formula is C20H24O10. The van der Waals surface area contributed by atoms with Crippen molar-refractivity contribution >= 4 is 17.9 Å². The number of rotatable bonds is 11. The molecule has 0 radical (unpaired) electrons. The normalized spacial score (nSPS) is 11.2. The summed E-state index contributed by atoms with van der Waals surface area (Å²) < 4.78 is 35.1. The van der Waals surface area contributed by atoms with E-state index >= 15 is 0 Å². The first-order valence-corrected chi connectivity index (χ1v) is 8.71. The standard InChI is InChI=1S/C20H24O10/c1-6-10-28-20(23)17-13(29-15(11-24-2)18(21)26-4)8-7-9-14(17)30-16(12-25-3)19(22)27-5/h7-9,11-12H,6,10H2,1-5H3. The van der Waals surface area contributed by atoms with Crippen molar-refractivity contribution in [2.75, 3.05) is 35.0 Å². The molecule has 10 nitrogen and oxygen atoms in total. The highest BCUT2D eigenvalue weighted by Crippen LogP contribution is 2.32. The van der Waals surface area contributed by atoms with Gasteiger partial charge in [0.05, 0.1) is 35.0 Å². The molecule has 1 rings (SSSR count). The summed E-state index contributed by atoms with van der Waals surface area (Å²) >= 11 is 0. The van der Waals surface area contributed by atoms with Gasteiger partial charge in [0.2, 0.25) is 11.5 Å². The van der Waals surface area contributed by atoms with Crippen LogP contribution in [0, 0.1) is 0 Å². The van der Waals surface area contributed by atoms with Crippen LogP contribution in [0.25, 0.3) is 0 Å². The molecule has 0 atom stereocenters. The van der Waals surface area contributed by atoms with E-state index in [9.17, 15) is 14.4 Å². The summed E-state index contributed by atoms with van der Waals surface area (Å²) in [4.78, 5) is 36.5. The van der Waals surface area contributed by atoms with Crippen molar-refractivity contribution < 1.29 is 47.5 Å². The van der Waals surface area contributed by atoms with Gasteiger partial charge in [-0.1, -0.05) is 13.0 Å². The molecule has 0 saturated heterocycles. The Morgan fingerprint density at radius 3 is 1.67 bits per heavy atom. The lowest BCUT2D eigenvalue weighted by molar-refractivity contribution is -0.139. The molecule has 0 heterocycles. The molecule has 0 N–H and O–H groups in total. The Kier molecular flexibility index (Phi) is 10.3. The third kappa shape index (κ3) is 6.73.